The molecule has 3 aromatic rings. The van der Waals surface area contributed by atoms with Crippen LogP contribution in [0.5, 0.6) is 0 Å². The van der Waals surface area contributed by atoms with E-state index in [1.165, 1.54) is 5.56 Å². The monoisotopic (exact) mass is 267 g/mol. The molecule has 0 unspecified atom stereocenters. The largest absolute Gasteiger partial charge is 0.423 e. The van der Waals surface area contributed by atoms with Gasteiger partial charge in [-0.2, -0.15) is 4.98 Å². The first-order valence-corrected chi connectivity index (χ1v) is 6.66. The molecule has 0 radical (unpaired) electrons. The van der Waals surface area contributed by atoms with Crippen molar-refractivity contribution in [2.24, 2.45) is 0 Å². The molecule has 20 heavy (non-hydrogen) atoms. The van der Waals surface area contributed by atoms with Gasteiger partial charge in [-0.1, -0.05) is 19.1 Å². The molecule has 0 spiro atoms. The van der Waals surface area contributed by atoms with Crippen LogP contribution in [0.2, 0.25) is 0 Å². The van der Waals surface area contributed by atoms with Gasteiger partial charge in [-0.05, 0) is 42.3 Å². The Labute approximate surface area is 117 Å². The lowest BCUT2D eigenvalue weighted by molar-refractivity contribution is 0.603. The van der Waals surface area contributed by atoms with Crippen LogP contribution in [0, 0.1) is 0 Å². The summed E-state index contributed by atoms with van der Waals surface area (Å²) in [6.45, 7) is 2.14. The summed E-state index contributed by atoms with van der Waals surface area (Å²) in [4.78, 5) is 6.40. The van der Waals surface area contributed by atoms with Crippen LogP contribution in [0.25, 0.3) is 11.1 Å². The molecule has 0 saturated carbocycles. The van der Waals surface area contributed by atoms with Gasteiger partial charge < -0.3 is 10.2 Å². The standard InChI is InChI=1S/C16H17N3O/c1-3-11-4-7-13(8-5-11)19(2)16-18-14-10-12(17)6-9-15(14)20-16/h4-10H,3,17H2,1-2H3. The summed E-state index contributed by atoms with van der Waals surface area (Å²) in [5.41, 5.74) is 10.3. The molecular formula is C16H17N3O. The van der Waals surface area contributed by atoms with Gasteiger partial charge in [0.25, 0.3) is 0 Å². The summed E-state index contributed by atoms with van der Waals surface area (Å²) in [6.07, 6.45) is 1.03. The number of rotatable bonds is 3. The highest BCUT2D eigenvalue weighted by Gasteiger charge is 2.12. The number of aryl methyl sites for hydroxylation is 1. The van der Waals surface area contributed by atoms with Crippen LogP contribution < -0.4 is 10.6 Å². The molecule has 0 aliphatic heterocycles. The summed E-state index contributed by atoms with van der Waals surface area (Å²) in [7, 11) is 1.94. The number of oxazole rings is 1. The molecule has 2 aromatic carbocycles. The van der Waals surface area contributed by atoms with E-state index < -0.39 is 0 Å². The smallest absolute Gasteiger partial charge is 0.302 e. The number of anilines is 3. The van der Waals surface area contributed by atoms with Crippen molar-refractivity contribution in [1.82, 2.24) is 4.98 Å². The molecule has 0 bridgehead atoms. The number of nitrogens with zero attached hydrogens (tertiary/aromatic N) is 2. The number of fused-ring (bicyclic) bond motifs is 1. The van der Waals surface area contributed by atoms with Gasteiger partial charge in [0.05, 0.1) is 0 Å². The van der Waals surface area contributed by atoms with Crippen molar-refractivity contribution in [1.29, 1.82) is 0 Å². The lowest BCUT2D eigenvalue weighted by Gasteiger charge is -2.14. The normalized spacial score (nSPS) is 10.9. The summed E-state index contributed by atoms with van der Waals surface area (Å²) in [6, 6.07) is 14.4. The van der Waals surface area contributed by atoms with E-state index in [0.717, 1.165) is 23.2 Å². The second-order valence-corrected chi connectivity index (χ2v) is 4.80. The molecule has 0 aliphatic carbocycles. The van der Waals surface area contributed by atoms with Gasteiger partial charge in [-0.15, -0.1) is 0 Å². The zero-order valence-corrected chi connectivity index (χ0v) is 11.6. The minimum atomic E-state index is 0.565. The maximum absolute atomic E-state index is 5.76. The van der Waals surface area contributed by atoms with E-state index in [9.17, 15) is 0 Å². The highest BCUT2D eigenvalue weighted by atomic mass is 16.4. The maximum atomic E-state index is 5.76. The van der Waals surface area contributed by atoms with Gasteiger partial charge in [0, 0.05) is 18.4 Å². The number of hydrogen-bond donors (Lipinski definition) is 1. The van der Waals surface area contributed by atoms with Crippen molar-refractivity contribution in [2.75, 3.05) is 17.7 Å². The molecule has 0 atom stereocenters. The second kappa shape index (κ2) is 4.89. The molecule has 0 fully saturated rings. The van der Waals surface area contributed by atoms with E-state index in [1.807, 2.05) is 30.1 Å². The van der Waals surface area contributed by atoms with Crippen LogP contribution >= 0.6 is 0 Å². The van der Waals surface area contributed by atoms with Crippen LogP contribution in [-0.2, 0) is 6.42 Å². The van der Waals surface area contributed by atoms with Crippen LogP contribution in [0.3, 0.4) is 0 Å². The number of nitrogen functional groups attached to an aromatic ring is 1. The molecule has 4 nitrogen and oxygen atoms in total. The van der Waals surface area contributed by atoms with Gasteiger partial charge in [0.1, 0.15) is 5.52 Å². The molecule has 0 amide bonds. The van der Waals surface area contributed by atoms with Crippen LogP contribution in [-0.4, -0.2) is 12.0 Å². The van der Waals surface area contributed by atoms with Crippen molar-refractivity contribution in [3.8, 4) is 0 Å². The summed E-state index contributed by atoms with van der Waals surface area (Å²) >= 11 is 0. The van der Waals surface area contributed by atoms with Gasteiger partial charge >= 0.3 is 6.01 Å². The quantitative estimate of drug-likeness (QED) is 0.734. The van der Waals surface area contributed by atoms with E-state index in [-0.39, 0.29) is 0 Å². The maximum Gasteiger partial charge on any atom is 0.302 e. The Hall–Kier alpha value is -2.49. The van der Waals surface area contributed by atoms with Gasteiger partial charge in [-0.25, -0.2) is 0 Å². The highest BCUT2D eigenvalue weighted by molar-refractivity contribution is 5.79. The van der Waals surface area contributed by atoms with Crippen LogP contribution in [0.1, 0.15) is 12.5 Å². The van der Waals surface area contributed by atoms with Gasteiger partial charge in [0.15, 0.2) is 5.58 Å². The fourth-order valence-electron chi connectivity index (χ4n) is 2.14. The average Bonchev–Trinajstić information content (AvgIpc) is 2.89. The van der Waals surface area contributed by atoms with Crippen molar-refractivity contribution < 1.29 is 4.42 Å². The number of nitrogens with two attached hydrogens (primary N) is 1. The van der Waals surface area contributed by atoms with E-state index in [2.05, 4.69) is 36.2 Å². The molecule has 1 heterocycles. The number of benzene rings is 2. The predicted molar refractivity (Wildman–Crippen MR) is 82.3 cm³/mol. The minimum Gasteiger partial charge on any atom is -0.423 e. The third kappa shape index (κ3) is 2.20. The Balaban J connectivity index is 1.96. The number of aromatic nitrogens is 1. The van der Waals surface area contributed by atoms with Crippen LogP contribution in [0.4, 0.5) is 17.4 Å². The Bertz CT molecular complexity index is 731. The predicted octanol–water partition coefficient (Wildman–Crippen LogP) is 3.74. The lowest BCUT2D eigenvalue weighted by atomic mass is 10.1. The topological polar surface area (TPSA) is 55.3 Å². The lowest BCUT2D eigenvalue weighted by Crippen LogP contribution is -2.09. The molecule has 102 valence electrons. The Morgan fingerprint density at radius 2 is 1.90 bits per heavy atom. The Morgan fingerprint density at radius 3 is 2.60 bits per heavy atom. The van der Waals surface area contributed by atoms with E-state index >= 15 is 0 Å². The Morgan fingerprint density at radius 1 is 1.15 bits per heavy atom. The van der Waals surface area contributed by atoms with Crippen molar-refractivity contribution >= 4 is 28.5 Å². The molecular weight excluding hydrogens is 250 g/mol. The van der Waals surface area contributed by atoms with E-state index in [1.54, 1.807) is 0 Å². The average molecular weight is 267 g/mol. The second-order valence-electron chi connectivity index (χ2n) is 4.80. The molecule has 0 saturated heterocycles. The Kier molecular flexibility index (Phi) is 3.06. The molecule has 0 aliphatic rings. The van der Waals surface area contributed by atoms with Gasteiger partial charge in [0.2, 0.25) is 0 Å². The van der Waals surface area contributed by atoms with Crippen LogP contribution in [0.15, 0.2) is 46.9 Å². The van der Waals surface area contributed by atoms with Gasteiger partial charge in [-0.3, -0.25) is 4.90 Å². The van der Waals surface area contributed by atoms with Crippen molar-refractivity contribution in [3.05, 3.63) is 48.0 Å². The first kappa shape index (κ1) is 12.5. The molecule has 4 heteroatoms. The molecule has 2 N–H and O–H groups in total. The third-order valence-electron chi connectivity index (χ3n) is 3.42. The molecule has 1 aromatic heterocycles. The third-order valence-corrected chi connectivity index (χ3v) is 3.42. The zero-order chi connectivity index (χ0) is 14.1. The first-order chi connectivity index (χ1) is 9.67. The number of hydrogen-bond acceptors (Lipinski definition) is 4. The fraction of sp³-hybridized carbons (Fsp3) is 0.188. The molecule has 3 rings (SSSR count). The summed E-state index contributed by atoms with van der Waals surface area (Å²) < 4.78 is 5.76. The minimum absolute atomic E-state index is 0.565. The SMILES string of the molecule is CCc1ccc(N(C)c2nc3cc(N)ccc3o2)cc1. The van der Waals surface area contributed by atoms with Crippen molar-refractivity contribution in [3.63, 3.8) is 0 Å². The summed E-state index contributed by atoms with van der Waals surface area (Å²) in [5, 5.41) is 0. The highest BCUT2D eigenvalue weighted by Crippen LogP contribution is 2.27. The first-order valence-electron chi connectivity index (χ1n) is 6.66. The summed E-state index contributed by atoms with van der Waals surface area (Å²) in [5.74, 6) is 0. The van der Waals surface area contributed by atoms with E-state index in [0.29, 0.717) is 11.7 Å². The fourth-order valence-corrected chi connectivity index (χ4v) is 2.14. The van der Waals surface area contributed by atoms with Crippen molar-refractivity contribution in [2.45, 2.75) is 13.3 Å². The zero-order valence-electron chi connectivity index (χ0n) is 11.6. The van der Waals surface area contributed by atoms with E-state index in [4.69, 9.17) is 10.2 Å².